The number of rotatable bonds is 5. The van der Waals surface area contributed by atoms with Gasteiger partial charge in [-0.2, -0.15) is 0 Å². The molecular formula is C11H13ClN4O2S. The van der Waals surface area contributed by atoms with Crippen LogP contribution < -0.4 is 10.5 Å². The summed E-state index contributed by atoms with van der Waals surface area (Å²) in [7, 11) is -3.62. The first-order chi connectivity index (χ1) is 9.03. The third-order valence-corrected chi connectivity index (χ3v) is 4.29. The first-order valence-corrected chi connectivity index (χ1v) is 7.35. The van der Waals surface area contributed by atoms with Crippen molar-refractivity contribution in [3.63, 3.8) is 0 Å². The van der Waals surface area contributed by atoms with Crippen LogP contribution in [0.1, 0.15) is 11.4 Å². The average molecular weight is 301 g/mol. The third kappa shape index (κ3) is 3.32. The first kappa shape index (κ1) is 14.0. The summed E-state index contributed by atoms with van der Waals surface area (Å²) in [5, 5.41) is 0.336. The molecule has 4 N–H and O–H groups in total. The second-order valence-electron chi connectivity index (χ2n) is 3.82. The van der Waals surface area contributed by atoms with Gasteiger partial charge in [0.05, 0.1) is 11.4 Å². The van der Waals surface area contributed by atoms with Crippen molar-refractivity contribution in [3.05, 3.63) is 47.0 Å². The highest BCUT2D eigenvalue weighted by atomic mass is 35.5. The van der Waals surface area contributed by atoms with Crippen LogP contribution in [0.4, 0.5) is 0 Å². The number of nitrogens with zero attached hydrogens (tertiary/aromatic N) is 1. The molecule has 19 heavy (non-hydrogen) atoms. The van der Waals surface area contributed by atoms with E-state index in [1.165, 1.54) is 12.1 Å². The Kier molecular flexibility index (Phi) is 4.20. The van der Waals surface area contributed by atoms with E-state index in [1.54, 1.807) is 18.5 Å². The fourth-order valence-electron chi connectivity index (χ4n) is 1.50. The molecule has 0 saturated heterocycles. The number of imidazole rings is 1. The van der Waals surface area contributed by atoms with Crippen molar-refractivity contribution in [1.82, 2.24) is 14.7 Å². The molecule has 0 fully saturated rings. The quantitative estimate of drug-likeness (QED) is 0.767. The Bertz CT molecular complexity index is 655. The number of hydrogen-bond donors (Lipinski definition) is 3. The van der Waals surface area contributed by atoms with Crippen molar-refractivity contribution in [2.75, 3.05) is 0 Å². The van der Waals surface area contributed by atoms with Gasteiger partial charge in [0, 0.05) is 24.0 Å². The zero-order valence-electron chi connectivity index (χ0n) is 9.93. The molecule has 0 saturated carbocycles. The molecule has 0 atom stereocenters. The summed E-state index contributed by atoms with van der Waals surface area (Å²) >= 11 is 5.94. The maximum atomic E-state index is 12.0. The van der Waals surface area contributed by atoms with Crippen molar-refractivity contribution in [1.29, 1.82) is 0 Å². The standard InChI is InChI=1S/C11H13ClN4O2S/c12-10-5-9(2-1-8(10)6-13)19(17,18)16-7-11-14-3-4-15-11/h1-5,16H,6-7,13H2,(H,14,15). The van der Waals surface area contributed by atoms with E-state index in [0.29, 0.717) is 16.4 Å². The number of H-pyrrole nitrogens is 1. The maximum Gasteiger partial charge on any atom is 0.241 e. The maximum absolute atomic E-state index is 12.0. The number of halogens is 1. The van der Waals surface area contributed by atoms with Crippen LogP contribution in [0.2, 0.25) is 5.02 Å². The molecule has 0 amide bonds. The number of aromatic amines is 1. The number of sulfonamides is 1. The fraction of sp³-hybridized carbons (Fsp3) is 0.182. The van der Waals surface area contributed by atoms with Gasteiger partial charge in [-0.05, 0) is 17.7 Å². The highest BCUT2D eigenvalue weighted by Crippen LogP contribution is 2.20. The second-order valence-corrected chi connectivity index (χ2v) is 5.99. The van der Waals surface area contributed by atoms with Gasteiger partial charge in [-0.15, -0.1) is 0 Å². The second kappa shape index (κ2) is 5.70. The molecule has 0 aliphatic heterocycles. The number of nitrogens with two attached hydrogens (primary N) is 1. The van der Waals surface area contributed by atoms with Crippen molar-refractivity contribution >= 4 is 21.6 Å². The smallest absolute Gasteiger partial charge is 0.241 e. The minimum Gasteiger partial charge on any atom is -0.347 e. The molecule has 8 heteroatoms. The van der Waals surface area contributed by atoms with E-state index in [1.807, 2.05) is 0 Å². The van der Waals surface area contributed by atoms with Gasteiger partial charge in [-0.3, -0.25) is 0 Å². The normalized spacial score (nSPS) is 11.7. The molecule has 0 aliphatic rings. The molecule has 0 radical (unpaired) electrons. The molecular weight excluding hydrogens is 288 g/mol. The van der Waals surface area contributed by atoms with Gasteiger partial charge in [-0.1, -0.05) is 17.7 Å². The highest BCUT2D eigenvalue weighted by Gasteiger charge is 2.15. The van der Waals surface area contributed by atoms with E-state index in [4.69, 9.17) is 17.3 Å². The first-order valence-electron chi connectivity index (χ1n) is 5.49. The van der Waals surface area contributed by atoms with E-state index in [-0.39, 0.29) is 18.0 Å². The van der Waals surface area contributed by atoms with Gasteiger partial charge in [0.2, 0.25) is 10.0 Å². The molecule has 0 aliphatic carbocycles. The Balaban J connectivity index is 2.17. The Morgan fingerprint density at radius 2 is 2.21 bits per heavy atom. The number of benzene rings is 1. The van der Waals surface area contributed by atoms with Gasteiger partial charge in [0.25, 0.3) is 0 Å². The number of hydrogen-bond acceptors (Lipinski definition) is 4. The molecule has 1 aromatic heterocycles. The number of nitrogens with one attached hydrogen (secondary N) is 2. The fourth-order valence-corrected chi connectivity index (χ4v) is 2.84. The summed E-state index contributed by atoms with van der Waals surface area (Å²) in [4.78, 5) is 6.84. The summed E-state index contributed by atoms with van der Waals surface area (Å²) < 4.78 is 26.5. The Morgan fingerprint density at radius 1 is 1.42 bits per heavy atom. The summed E-state index contributed by atoms with van der Waals surface area (Å²) in [6.07, 6.45) is 3.17. The molecule has 2 aromatic rings. The van der Waals surface area contributed by atoms with Crippen LogP contribution in [-0.4, -0.2) is 18.4 Å². The Hall–Kier alpha value is -1.41. The SMILES string of the molecule is NCc1ccc(S(=O)(=O)NCc2ncc[nH]2)cc1Cl. The van der Waals surface area contributed by atoms with Crippen LogP contribution in [0.25, 0.3) is 0 Å². The van der Waals surface area contributed by atoms with Gasteiger partial charge >= 0.3 is 0 Å². The molecule has 6 nitrogen and oxygen atoms in total. The van der Waals surface area contributed by atoms with Gasteiger partial charge in [0.1, 0.15) is 5.82 Å². The molecule has 2 rings (SSSR count). The lowest BCUT2D eigenvalue weighted by Gasteiger charge is -2.07. The summed E-state index contributed by atoms with van der Waals surface area (Å²) in [6.45, 7) is 0.352. The van der Waals surface area contributed by atoms with E-state index >= 15 is 0 Å². The van der Waals surface area contributed by atoms with Gasteiger partial charge < -0.3 is 10.7 Å². The molecule has 1 aromatic carbocycles. The topological polar surface area (TPSA) is 101 Å². The van der Waals surface area contributed by atoms with Gasteiger partial charge in [-0.25, -0.2) is 18.1 Å². The Labute approximate surface area is 116 Å². The zero-order valence-corrected chi connectivity index (χ0v) is 11.5. The Morgan fingerprint density at radius 3 is 2.79 bits per heavy atom. The number of aromatic nitrogens is 2. The minimum absolute atomic E-state index is 0.0889. The monoisotopic (exact) mass is 300 g/mol. The predicted octanol–water partition coefficient (Wildman–Crippen LogP) is 1.00. The molecule has 0 spiro atoms. The van der Waals surface area contributed by atoms with E-state index in [2.05, 4.69) is 14.7 Å². The minimum atomic E-state index is -3.62. The largest absolute Gasteiger partial charge is 0.347 e. The van der Waals surface area contributed by atoms with Crippen LogP contribution in [0.5, 0.6) is 0 Å². The van der Waals surface area contributed by atoms with Gasteiger partial charge in [0.15, 0.2) is 0 Å². The molecule has 1 heterocycles. The summed E-state index contributed by atoms with van der Waals surface area (Å²) in [5.41, 5.74) is 6.17. The summed E-state index contributed by atoms with van der Waals surface area (Å²) in [5.74, 6) is 0.535. The lowest BCUT2D eigenvalue weighted by Crippen LogP contribution is -2.23. The lowest BCUT2D eigenvalue weighted by atomic mass is 10.2. The zero-order chi connectivity index (χ0) is 13.9. The van der Waals surface area contributed by atoms with Crippen molar-refractivity contribution in [3.8, 4) is 0 Å². The van der Waals surface area contributed by atoms with Crippen molar-refractivity contribution in [2.45, 2.75) is 18.0 Å². The molecule has 0 bridgehead atoms. The lowest BCUT2D eigenvalue weighted by molar-refractivity contribution is 0.579. The third-order valence-electron chi connectivity index (χ3n) is 2.54. The highest BCUT2D eigenvalue weighted by molar-refractivity contribution is 7.89. The van der Waals surface area contributed by atoms with E-state index < -0.39 is 10.0 Å². The van der Waals surface area contributed by atoms with Crippen LogP contribution in [0.3, 0.4) is 0 Å². The predicted molar refractivity (Wildman–Crippen MR) is 72.0 cm³/mol. The summed E-state index contributed by atoms with van der Waals surface area (Å²) in [6, 6.07) is 4.45. The molecule has 0 unspecified atom stereocenters. The van der Waals surface area contributed by atoms with Crippen molar-refractivity contribution in [2.24, 2.45) is 5.73 Å². The van der Waals surface area contributed by atoms with Crippen LogP contribution in [-0.2, 0) is 23.1 Å². The van der Waals surface area contributed by atoms with Crippen LogP contribution in [0, 0.1) is 0 Å². The van der Waals surface area contributed by atoms with E-state index in [9.17, 15) is 8.42 Å². The van der Waals surface area contributed by atoms with Crippen molar-refractivity contribution < 1.29 is 8.42 Å². The van der Waals surface area contributed by atoms with Crippen LogP contribution >= 0.6 is 11.6 Å². The van der Waals surface area contributed by atoms with E-state index in [0.717, 1.165) is 0 Å². The average Bonchev–Trinajstić information content (AvgIpc) is 2.89. The van der Waals surface area contributed by atoms with Crippen LogP contribution in [0.15, 0.2) is 35.5 Å². The molecule has 102 valence electrons.